The maximum atomic E-state index is 11.6. The van der Waals surface area contributed by atoms with E-state index in [2.05, 4.69) is 0 Å². The molecule has 0 saturated heterocycles. The molecule has 0 spiro atoms. The van der Waals surface area contributed by atoms with Gasteiger partial charge in [-0.25, -0.2) is 4.79 Å². The summed E-state index contributed by atoms with van der Waals surface area (Å²) in [5.41, 5.74) is 7.44. The molecule has 0 radical (unpaired) electrons. The monoisotopic (exact) mass is 223 g/mol. The fourth-order valence-electron chi connectivity index (χ4n) is 1.26. The largest absolute Gasteiger partial charge is 0.462 e. The van der Waals surface area contributed by atoms with E-state index in [0.717, 1.165) is 5.56 Å². The Hall–Kier alpha value is -1.55. The Morgan fingerprint density at radius 3 is 2.88 bits per heavy atom. The first-order valence-electron chi connectivity index (χ1n) is 5.22. The molecule has 4 nitrogen and oxygen atoms in total. The zero-order valence-corrected chi connectivity index (χ0v) is 9.56. The molecule has 0 fully saturated rings. The molecule has 3 N–H and O–H groups in total. The summed E-state index contributed by atoms with van der Waals surface area (Å²) in [5.74, 6) is -0.398. The molecule has 0 amide bonds. The number of hydrogen-bond acceptors (Lipinski definition) is 4. The van der Waals surface area contributed by atoms with Gasteiger partial charge in [0.1, 0.15) is 0 Å². The molecule has 1 aromatic rings. The maximum Gasteiger partial charge on any atom is 0.338 e. The predicted molar refractivity (Wildman–Crippen MR) is 62.2 cm³/mol. The van der Waals surface area contributed by atoms with Crippen LogP contribution in [0.15, 0.2) is 18.2 Å². The highest BCUT2D eigenvalue weighted by Gasteiger charge is 2.10. The second kappa shape index (κ2) is 5.51. The summed E-state index contributed by atoms with van der Waals surface area (Å²) in [6.45, 7) is 3.69. The summed E-state index contributed by atoms with van der Waals surface area (Å²) < 4.78 is 5.02. The average molecular weight is 223 g/mol. The van der Waals surface area contributed by atoms with E-state index in [-0.39, 0.29) is 6.61 Å². The van der Waals surface area contributed by atoms with Crippen molar-refractivity contribution in [1.82, 2.24) is 0 Å². The summed E-state index contributed by atoms with van der Waals surface area (Å²) >= 11 is 0. The Bertz CT molecular complexity index is 375. The summed E-state index contributed by atoms with van der Waals surface area (Å²) in [6.07, 6.45) is -0.0256. The van der Waals surface area contributed by atoms with E-state index in [9.17, 15) is 4.79 Å². The first kappa shape index (κ1) is 12.5. The molecule has 88 valence electrons. The predicted octanol–water partition coefficient (Wildman–Crippen LogP) is 1.50. The Morgan fingerprint density at radius 2 is 2.25 bits per heavy atom. The van der Waals surface area contributed by atoms with Gasteiger partial charge in [-0.05, 0) is 31.5 Å². The van der Waals surface area contributed by atoms with Crippen LogP contribution in [0.3, 0.4) is 0 Å². The maximum absolute atomic E-state index is 11.6. The minimum absolute atomic E-state index is 0.213. The number of esters is 1. The third-order valence-corrected chi connectivity index (χ3v) is 2.25. The Labute approximate surface area is 95.0 Å². The number of aliphatic hydroxyl groups is 1. The van der Waals surface area contributed by atoms with Crippen LogP contribution in [0.4, 0.5) is 5.69 Å². The van der Waals surface area contributed by atoms with Crippen molar-refractivity contribution >= 4 is 11.7 Å². The SMILES string of the molecule is Cc1ccc(N)cc1C(=O)OCCC(C)O. The minimum atomic E-state index is -0.463. The number of hydrogen-bond donors (Lipinski definition) is 2. The lowest BCUT2D eigenvalue weighted by atomic mass is 10.1. The van der Waals surface area contributed by atoms with Crippen LogP contribution in [0.1, 0.15) is 29.3 Å². The van der Waals surface area contributed by atoms with Gasteiger partial charge in [0.15, 0.2) is 0 Å². The number of ether oxygens (including phenoxy) is 1. The quantitative estimate of drug-likeness (QED) is 0.599. The normalized spacial score (nSPS) is 12.2. The topological polar surface area (TPSA) is 72.6 Å². The molecule has 1 aromatic carbocycles. The van der Waals surface area contributed by atoms with Crippen molar-refractivity contribution in [2.24, 2.45) is 0 Å². The van der Waals surface area contributed by atoms with E-state index >= 15 is 0 Å². The van der Waals surface area contributed by atoms with E-state index in [0.29, 0.717) is 17.7 Å². The van der Waals surface area contributed by atoms with Crippen molar-refractivity contribution in [3.8, 4) is 0 Å². The highest BCUT2D eigenvalue weighted by molar-refractivity contribution is 5.92. The Kier molecular flexibility index (Phi) is 4.31. The molecule has 4 heteroatoms. The van der Waals surface area contributed by atoms with E-state index in [1.54, 1.807) is 25.1 Å². The third-order valence-electron chi connectivity index (χ3n) is 2.25. The lowest BCUT2D eigenvalue weighted by molar-refractivity contribution is 0.0443. The van der Waals surface area contributed by atoms with Crippen LogP contribution < -0.4 is 5.73 Å². The Morgan fingerprint density at radius 1 is 1.56 bits per heavy atom. The first-order valence-corrected chi connectivity index (χ1v) is 5.22. The van der Waals surface area contributed by atoms with Crippen LogP contribution in [0.5, 0.6) is 0 Å². The fourth-order valence-corrected chi connectivity index (χ4v) is 1.26. The van der Waals surface area contributed by atoms with Crippen LogP contribution in [0.2, 0.25) is 0 Å². The second-order valence-corrected chi connectivity index (χ2v) is 3.85. The Balaban J connectivity index is 2.62. The van der Waals surface area contributed by atoms with Crippen LogP contribution in [0, 0.1) is 6.92 Å². The van der Waals surface area contributed by atoms with Gasteiger partial charge in [-0.15, -0.1) is 0 Å². The van der Waals surface area contributed by atoms with E-state index in [1.807, 2.05) is 6.92 Å². The van der Waals surface area contributed by atoms with E-state index < -0.39 is 12.1 Å². The molecule has 1 rings (SSSR count). The highest BCUT2D eigenvalue weighted by atomic mass is 16.5. The van der Waals surface area contributed by atoms with Gasteiger partial charge >= 0.3 is 5.97 Å². The first-order chi connectivity index (χ1) is 7.50. The fraction of sp³-hybridized carbons (Fsp3) is 0.417. The van der Waals surface area contributed by atoms with E-state index in [1.165, 1.54) is 0 Å². The molecule has 0 aromatic heterocycles. The van der Waals surface area contributed by atoms with Gasteiger partial charge < -0.3 is 15.6 Å². The molecule has 0 bridgehead atoms. The number of aliphatic hydroxyl groups excluding tert-OH is 1. The third kappa shape index (κ3) is 3.55. The van der Waals surface area contributed by atoms with Gasteiger partial charge in [0.2, 0.25) is 0 Å². The summed E-state index contributed by atoms with van der Waals surface area (Å²) in [7, 11) is 0. The molecule has 0 heterocycles. The molecule has 0 saturated carbocycles. The molecular formula is C12H17NO3. The number of rotatable bonds is 4. The van der Waals surface area contributed by atoms with Gasteiger partial charge in [-0.1, -0.05) is 6.07 Å². The van der Waals surface area contributed by atoms with Crippen molar-refractivity contribution in [3.63, 3.8) is 0 Å². The average Bonchev–Trinajstić information content (AvgIpc) is 2.21. The molecule has 16 heavy (non-hydrogen) atoms. The summed E-state index contributed by atoms with van der Waals surface area (Å²) in [5, 5.41) is 9.02. The smallest absolute Gasteiger partial charge is 0.338 e. The van der Waals surface area contributed by atoms with Gasteiger partial charge in [-0.3, -0.25) is 0 Å². The molecule has 1 atom stereocenters. The number of nitrogens with two attached hydrogens (primary N) is 1. The van der Waals surface area contributed by atoms with Gasteiger partial charge in [0.25, 0.3) is 0 Å². The number of benzene rings is 1. The van der Waals surface area contributed by atoms with Crippen LogP contribution in [0.25, 0.3) is 0 Å². The van der Waals surface area contributed by atoms with Gasteiger partial charge in [-0.2, -0.15) is 0 Å². The van der Waals surface area contributed by atoms with Crippen LogP contribution in [-0.4, -0.2) is 23.8 Å². The van der Waals surface area contributed by atoms with Crippen molar-refractivity contribution in [2.75, 3.05) is 12.3 Å². The zero-order chi connectivity index (χ0) is 12.1. The van der Waals surface area contributed by atoms with Crippen molar-refractivity contribution in [3.05, 3.63) is 29.3 Å². The summed E-state index contributed by atoms with van der Waals surface area (Å²) in [4.78, 5) is 11.6. The van der Waals surface area contributed by atoms with Crippen molar-refractivity contribution in [2.45, 2.75) is 26.4 Å². The standard InChI is InChI=1S/C12H17NO3/c1-8-3-4-10(13)7-11(8)12(15)16-6-5-9(2)14/h3-4,7,9,14H,5-6,13H2,1-2H3. The lowest BCUT2D eigenvalue weighted by Crippen LogP contribution is -2.12. The number of carbonyl (C=O) groups excluding carboxylic acids is 1. The highest BCUT2D eigenvalue weighted by Crippen LogP contribution is 2.13. The van der Waals surface area contributed by atoms with Crippen LogP contribution in [-0.2, 0) is 4.74 Å². The number of anilines is 1. The summed E-state index contributed by atoms with van der Waals surface area (Å²) in [6, 6.07) is 5.11. The molecular weight excluding hydrogens is 206 g/mol. The van der Waals surface area contributed by atoms with Crippen molar-refractivity contribution in [1.29, 1.82) is 0 Å². The van der Waals surface area contributed by atoms with Crippen molar-refractivity contribution < 1.29 is 14.6 Å². The zero-order valence-electron chi connectivity index (χ0n) is 9.56. The minimum Gasteiger partial charge on any atom is -0.462 e. The number of nitrogen functional groups attached to an aromatic ring is 1. The van der Waals surface area contributed by atoms with E-state index in [4.69, 9.17) is 15.6 Å². The molecule has 0 aliphatic heterocycles. The molecule has 1 unspecified atom stereocenters. The lowest BCUT2D eigenvalue weighted by Gasteiger charge is -2.08. The second-order valence-electron chi connectivity index (χ2n) is 3.85. The molecule has 0 aliphatic carbocycles. The van der Waals surface area contributed by atoms with Gasteiger partial charge in [0.05, 0.1) is 18.3 Å². The number of aryl methyl sites for hydroxylation is 1. The van der Waals surface area contributed by atoms with Crippen LogP contribution >= 0.6 is 0 Å². The van der Waals surface area contributed by atoms with Gasteiger partial charge in [0, 0.05) is 12.1 Å². The number of carbonyl (C=O) groups is 1. The molecule has 0 aliphatic rings.